The molecule has 1 aromatic carbocycles. The van der Waals surface area contributed by atoms with E-state index in [0.29, 0.717) is 18.7 Å². The normalized spacial score (nSPS) is 11.8. The van der Waals surface area contributed by atoms with Gasteiger partial charge in [-0.05, 0) is 51.6 Å². The molecule has 0 saturated carbocycles. The predicted octanol–water partition coefficient (Wildman–Crippen LogP) is 2.37. The van der Waals surface area contributed by atoms with Crippen molar-refractivity contribution in [3.8, 4) is 0 Å². The Balaban J connectivity index is 2.40. The number of unbranched alkanes of at least 4 members (excludes halogenated alkanes) is 1. The van der Waals surface area contributed by atoms with Gasteiger partial charge in [-0.2, -0.15) is 0 Å². The summed E-state index contributed by atoms with van der Waals surface area (Å²) in [5, 5.41) is 6.54. The fraction of sp³-hybridized carbons (Fsp3) is 0.611. The highest BCUT2D eigenvalue weighted by molar-refractivity contribution is 5.79. The van der Waals surface area contributed by atoms with Crippen molar-refractivity contribution in [1.82, 2.24) is 15.5 Å². The lowest BCUT2D eigenvalue weighted by molar-refractivity contribution is 0.143. The molecule has 1 aromatic rings. The van der Waals surface area contributed by atoms with E-state index in [1.54, 1.807) is 13.1 Å². The Kier molecular flexibility index (Phi) is 10.0. The van der Waals surface area contributed by atoms with Gasteiger partial charge in [-0.25, -0.2) is 4.39 Å². The Morgan fingerprint density at radius 1 is 1.25 bits per heavy atom. The number of benzene rings is 1. The number of hydrogen-bond acceptors (Lipinski definition) is 3. The largest absolute Gasteiger partial charge is 0.382 e. The van der Waals surface area contributed by atoms with Crippen LogP contribution in [-0.2, 0) is 17.8 Å². The molecule has 1 rings (SSSR count). The molecule has 0 bridgehead atoms. The zero-order valence-electron chi connectivity index (χ0n) is 15.4. The Morgan fingerprint density at radius 3 is 2.71 bits per heavy atom. The van der Waals surface area contributed by atoms with E-state index in [2.05, 4.69) is 15.6 Å². The van der Waals surface area contributed by atoms with Crippen LogP contribution in [0.15, 0.2) is 23.2 Å². The maximum absolute atomic E-state index is 13.8. The van der Waals surface area contributed by atoms with Crippen LogP contribution < -0.4 is 10.6 Å². The van der Waals surface area contributed by atoms with Crippen molar-refractivity contribution in [1.29, 1.82) is 0 Å². The number of nitrogens with zero attached hydrogens (tertiary/aromatic N) is 2. The second kappa shape index (κ2) is 11.8. The van der Waals surface area contributed by atoms with Crippen molar-refractivity contribution >= 4 is 5.96 Å². The van der Waals surface area contributed by atoms with Crippen molar-refractivity contribution in [2.75, 3.05) is 40.9 Å². The summed E-state index contributed by atoms with van der Waals surface area (Å²) in [6.45, 7) is 5.62. The van der Waals surface area contributed by atoms with Crippen molar-refractivity contribution in [3.05, 3.63) is 35.1 Å². The molecule has 24 heavy (non-hydrogen) atoms. The second-order valence-electron chi connectivity index (χ2n) is 5.92. The van der Waals surface area contributed by atoms with E-state index in [4.69, 9.17) is 4.74 Å². The van der Waals surface area contributed by atoms with Gasteiger partial charge in [0.1, 0.15) is 5.82 Å². The molecule has 136 valence electrons. The minimum Gasteiger partial charge on any atom is -0.382 e. The zero-order chi connectivity index (χ0) is 17.8. The monoisotopic (exact) mass is 338 g/mol. The lowest BCUT2D eigenvalue weighted by atomic mass is 10.1. The highest BCUT2D eigenvalue weighted by Gasteiger charge is 2.05. The summed E-state index contributed by atoms with van der Waals surface area (Å²) in [6, 6.07) is 5.23. The number of halogens is 1. The average Bonchev–Trinajstić information content (AvgIpc) is 2.55. The molecule has 5 nitrogen and oxygen atoms in total. The van der Waals surface area contributed by atoms with Crippen molar-refractivity contribution in [2.45, 2.75) is 32.9 Å². The summed E-state index contributed by atoms with van der Waals surface area (Å²) < 4.78 is 19.1. The van der Waals surface area contributed by atoms with Crippen LogP contribution in [0.1, 0.15) is 30.9 Å². The minimum absolute atomic E-state index is 0.163. The maximum atomic E-state index is 13.8. The summed E-state index contributed by atoms with van der Waals surface area (Å²) in [7, 11) is 5.61. The van der Waals surface area contributed by atoms with E-state index in [1.807, 2.05) is 32.0 Å². The summed E-state index contributed by atoms with van der Waals surface area (Å²) in [5.74, 6) is 0.592. The SMILES string of the molecule is CCOCCCCNC(=NC)NCc1ccc(F)c(CN(C)C)c1. The number of ether oxygens (including phenoxy) is 1. The number of guanidine groups is 1. The van der Waals surface area contributed by atoms with Crippen LogP contribution in [-0.4, -0.2) is 51.8 Å². The number of hydrogen-bond donors (Lipinski definition) is 2. The van der Waals surface area contributed by atoms with Crippen LogP contribution in [0.4, 0.5) is 4.39 Å². The number of rotatable bonds is 10. The molecule has 0 radical (unpaired) electrons. The topological polar surface area (TPSA) is 48.9 Å². The Bertz CT molecular complexity index is 506. The Hall–Kier alpha value is -1.66. The van der Waals surface area contributed by atoms with E-state index in [9.17, 15) is 4.39 Å². The number of nitrogens with one attached hydrogen (secondary N) is 2. The van der Waals surface area contributed by atoms with Crippen LogP contribution in [0.3, 0.4) is 0 Å². The van der Waals surface area contributed by atoms with E-state index >= 15 is 0 Å². The first kappa shape index (κ1) is 20.4. The molecule has 0 aliphatic heterocycles. The fourth-order valence-corrected chi connectivity index (χ4v) is 2.29. The highest BCUT2D eigenvalue weighted by Crippen LogP contribution is 2.12. The molecule has 0 atom stereocenters. The van der Waals surface area contributed by atoms with Gasteiger partial charge in [0.2, 0.25) is 0 Å². The van der Waals surface area contributed by atoms with Gasteiger partial charge in [-0.1, -0.05) is 6.07 Å². The molecular formula is C18H31FN4O. The summed E-state index contributed by atoms with van der Waals surface area (Å²) in [6.07, 6.45) is 2.06. The fourth-order valence-electron chi connectivity index (χ4n) is 2.29. The lowest BCUT2D eigenvalue weighted by Crippen LogP contribution is -2.37. The molecule has 0 aliphatic rings. The molecule has 6 heteroatoms. The Morgan fingerprint density at radius 2 is 2.04 bits per heavy atom. The van der Waals surface area contributed by atoms with Gasteiger partial charge in [0.25, 0.3) is 0 Å². The summed E-state index contributed by atoms with van der Waals surface area (Å²) in [5.41, 5.74) is 1.74. The van der Waals surface area contributed by atoms with Crippen LogP contribution in [0.25, 0.3) is 0 Å². The smallest absolute Gasteiger partial charge is 0.191 e. The highest BCUT2D eigenvalue weighted by atomic mass is 19.1. The van der Waals surface area contributed by atoms with Gasteiger partial charge in [0, 0.05) is 45.5 Å². The van der Waals surface area contributed by atoms with E-state index in [0.717, 1.165) is 44.1 Å². The van der Waals surface area contributed by atoms with Crippen molar-refractivity contribution < 1.29 is 9.13 Å². The van der Waals surface area contributed by atoms with E-state index in [-0.39, 0.29) is 5.82 Å². The third-order valence-corrected chi connectivity index (χ3v) is 3.49. The van der Waals surface area contributed by atoms with Crippen LogP contribution in [0.5, 0.6) is 0 Å². The molecule has 2 N–H and O–H groups in total. The van der Waals surface area contributed by atoms with Gasteiger partial charge in [0.05, 0.1) is 0 Å². The van der Waals surface area contributed by atoms with Crippen LogP contribution in [0.2, 0.25) is 0 Å². The third kappa shape index (κ3) is 8.26. The molecule has 0 amide bonds. The summed E-state index contributed by atoms with van der Waals surface area (Å²) >= 11 is 0. The molecule has 0 saturated heterocycles. The first-order valence-corrected chi connectivity index (χ1v) is 8.51. The van der Waals surface area contributed by atoms with Crippen molar-refractivity contribution in [3.63, 3.8) is 0 Å². The third-order valence-electron chi connectivity index (χ3n) is 3.49. The molecule has 0 fully saturated rings. The summed E-state index contributed by atoms with van der Waals surface area (Å²) in [4.78, 5) is 6.16. The van der Waals surface area contributed by atoms with Gasteiger partial charge in [0.15, 0.2) is 5.96 Å². The molecule has 0 spiro atoms. The Labute approximate surface area is 145 Å². The quantitative estimate of drug-likeness (QED) is 0.391. The zero-order valence-corrected chi connectivity index (χ0v) is 15.4. The first-order valence-electron chi connectivity index (χ1n) is 8.51. The van der Waals surface area contributed by atoms with Gasteiger partial charge >= 0.3 is 0 Å². The van der Waals surface area contributed by atoms with Gasteiger partial charge in [-0.3, -0.25) is 4.99 Å². The first-order chi connectivity index (χ1) is 11.6. The predicted molar refractivity (Wildman–Crippen MR) is 97.7 cm³/mol. The van der Waals surface area contributed by atoms with E-state index in [1.165, 1.54) is 6.07 Å². The maximum Gasteiger partial charge on any atom is 0.191 e. The molecule has 0 heterocycles. The van der Waals surface area contributed by atoms with Gasteiger partial charge < -0.3 is 20.3 Å². The average molecular weight is 338 g/mol. The molecule has 0 aromatic heterocycles. The van der Waals surface area contributed by atoms with E-state index < -0.39 is 0 Å². The molecule has 0 unspecified atom stereocenters. The van der Waals surface area contributed by atoms with Gasteiger partial charge in [-0.15, -0.1) is 0 Å². The van der Waals surface area contributed by atoms with Crippen LogP contribution >= 0.6 is 0 Å². The minimum atomic E-state index is -0.163. The van der Waals surface area contributed by atoms with Crippen LogP contribution in [0, 0.1) is 5.82 Å². The lowest BCUT2D eigenvalue weighted by Gasteiger charge is -2.14. The van der Waals surface area contributed by atoms with Crippen molar-refractivity contribution in [2.24, 2.45) is 4.99 Å². The molecular weight excluding hydrogens is 307 g/mol. The molecule has 0 aliphatic carbocycles. The number of aliphatic imine (C=N–C) groups is 1. The second-order valence-corrected chi connectivity index (χ2v) is 5.92. The standard InChI is InChI=1S/C18H31FN4O/c1-5-24-11-7-6-10-21-18(20-2)22-13-15-8-9-17(19)16(12-15)14-23(3)4/h8-9,12H,5-7,10-11,13-14H2,1-4H3,(H2,20,21,22).